The minimum atomic E-state index is -0.0287. The van der Waals surface area contributed by atoms with Crippen molar-refractivity contribution in [2.75, 3.05) is 18.1 Å². The normalized spacial score (nSPS) is 16.3. The van der Waals surface area contributed by atoms with Crippen LogP contribution in [0.15, 0.2) is 29.4 Å². The Morgan fingerprint density at radius 1 is 1.19 bits per heavy atom. The number of amides is 1. The minimum absolute atomic E-state index is 0.0287. The van der Waals surface area contributed by atoms with E-state index < -0.39 is 0 Å². The monoisotopic (exact) mass is 368 g/mol. The number of carbonyl (C=O) groups is 1. The molecule has 1 aromatic heterocycles. The first-order chi connectivity index (χ1) is 12.7. The molecule has 2 aliphatic rings. The topological polar surface area (TPSA) is 57.6 Å². The Morgan fingerprint density at radius 3 is 2.73 bits per heavy atom. The summed E-state index contributed by atoms with van der Waals surface area (Å²) in [6.07, 6.45) is 6.64. The summed E-state index contributed by atoms with van der Waals surface area (Å²) >= 11 is 1.82. The number of benzene rings is 1. The van der Waals surface area contributed by atoms with E-state index in [2.05, 4.69) is 10.4 Å². The van der Waals surface area contributed by atoms with Crippen molar-refractivity contribution in [1.29, 1.82) is 0 Å². The maximum Gasteiger partial charge on any atom is 0.251 e. The maximum absolute atomic E-state index is 12.3. The average Bonchev–Trinajstić information content (AvgIpc) is 3.27. The van der Waals surface area contributed by atoms with E-state index in [1.54, 1.807) is 0 Å². The van der Waals surface area contributed by atoms with Gasteiger partial charge < -0.3 is 5.32 Å². The molecule has 6 heteroatoms. The van der Waals surface area contributed by atoms with E-state index in [4.69, 9.17) is 4.98 Å². The van der Waals surface area contributed by atoms with Gasteiger partial charge in [0.25, 0.3) is 5.91 Å². The number of anilines is 1. The van der Waals surface area contributed by atoms with Gasteiger partial charge in [-0.3, -0.25) is 9.80 Å². The zero-order chi connectivity index (χ0) is 17.9. The maximum atomic E-state index is 12.3. The number of thiazole rings is 1. The third-order valence-corrected chi connectivity index (χ3v) is 6.14. The van der Waals surface area contributed by atoms with Crippen LogP contribution in [-0.2, 0) is 19.3 Å². The fraction of sp³-hybridized carbons (Fsp3) is 0.450. The van der Waals surface area contributed by atoms with E-state index in [1.807, 2.05) is 47.5 Å². The van der Waals surface area contributed by atoms with Gasteiger partial charge in [0, 0.05) is 42.1 Å². The van der Waals surface area contributed by atoms with Crippen LogP contribution in [0.5, 0.6) is 0 Å². The van der Waals surface area contributed by atoms with Crippen molar-refractivity contribution >= 4 is 28.6 Å². The van der Waals surface area contributed by atoms with Crippen LogP contribution in [0.2, 0.25) is 0 Å². The van der Waals surface area contributed by atoms with Gasteiger partial charge in [0.05, 0.1) is 16.4 Å². The van der Waals surface area contributed by atoms with Gasteiger partial charge in [-0.25, -0.2) is 4.98 Å². The number of aromatic nitrogens is 1. The van der Waals surface area contributed by atoms with Gasteiger partial charge in [0.15, 0.2) is 0 Å². The number of carbonyl (C=O) groups excluding carboxylic acids is 1. The molecule has 4 rings (SSSR count). The Labute approximate surface area is 158 Å². The largest absolute Gasteiger partial charge is 0.352 e. The Kier molecular flexibility index (Phi) is 5.02. The van der Waals surface area contributed by atoms with Gasteiger partial charge in [0.1, 0.15) is 0 Å². The molecule has 2 heterocycles. The standard InChI is InChI=1S/C20H24N4OS/c1-14-11-13-24(23-14)16-8-6-15(7-9-16)20(25)21-12-10-19-22-17-4-2-3-5-18(17)26-19/h6-9H,2-5,10-13H2,1H3,(H,21,25). The molecule has 0 saturated heterocycles. The lowest BCUT2D eigenvalue weighted by molar-refractivity contribution is 0.0954. The number of hydrazone groups is 1. The van der Waals surface area contributed by atoms with Gasteiger partial charge in [-0.1, -0.05) is 0 Å². The number of hydrogen-bond acceptors (Lipinski definition) is 5. The van der Waals surface area contributed by atoms with E-state index in [9.17, 15) is 4.79 Å². The van der Waals surface area contributed by atoms with Crippen molar-refractivity contribution in [3.63, 3.8) is 0 Å². The first-order valence-electron chi connectivity index (χ1n) is 9.36. The fourth-order valence-corrected chi connectivity index (χ4v) is 4.60. The second-order valence-corrected chi connectivity index (χ2v) is 8.11. The molecule has 0 atom stereocenters. The van der Waals surface area contributed by atoms with Gasteiger partial charge in [-0.2, -0.15) is 5.10 Å². The van der Waals surface area contributed by atoms with Crippen LogP contribution in [0.1, 0.15) is 52.1 Å². The van der Waals surface area contributed by atoms with Gasteiger partial charge in [-0.05, 0) is 56.9 Å². The molecule has 0 spiro atoms. The molecule has 26 heavy (non-hydrogen) atoms. The summed E-state index contributed by atoms with van der Waals surface area (Å²) < 4.78 is 0. The number of hydrogen-bond donors (Lipinski definition) is 1. The van der Waals surface area contributed by atoms with Gasteiger partial charge in [0.2, 0.25) is 0 Å². The summed E-state index contributed by atoms with van der Waals surface area (Å²) in [7, 11) is 0. The second kappa shape index (κ2) is 7.58. The van der Waals surface area contributed by atoms with Crippen LogP contribution in [0.25, 0.3) is 0 Å². The second-order valence-electron chi connectivity index (χ2n) is 6.95. The predicted octanol–water partition coefficient (Wildman–Crippen LogP) is 3.58. The first kappa shape index (κ1) is 17.2. The smallest absolute Gasteiger partial charge is 0.251 e. The highest BCUT2D eigenvalue weighted by Gasteiger charge is 2.16. The van der Waals surface area contributed by atoms with Crippen LogP contribution >= 0.6 is 11.3 Å². The summed E-state index contributed by atoms with van der Waals surface area (Å²) in [4.78, 5) is 18.5. The highest BCUT2D eigenvalue weighted by Crippen LogP contribution is 2.26. The SMILES string of the molecule is CC1=NN(c2ccc(C(=O)NCCc3nc4c(s3)CCCC4)cc2)CC1. The van der Waals surface area contributed by atoms with Crippen molar-refractivity contribution < 1.29 is 4.79 Å². The van der Waals surface area contributed by atoms with Crippen molar-refractivity contribution in [3.05, 3.63) is 45.4 Å². The van der Waals surface area contributed by atoms with Gasteiger partial charge in [-0.15, -0.1) is 11.3 Å². The lowest BCUT2D eigenvalue weighted by Gasteiger charge is -2.13. The molecule has 0 saturated carbocycles. The number of rotatable bonds is 5. The Hall–Kier alpha value is -2.21. The summed E-state index contributed by atoms with van der Waals surface area (Å²) in [6, 6.07) is 7.67. The van der Waals surface area contributed by atoms with Crippen molar-refractivity contribution in [2.45, 2.75) is 45.4 Å². The molecule has 1 N–H and O–H groups in total. The highest BCUT2D eigenvalue weighted by atomic mass is 32.1. The van der Waals surface area contributed by atoms with E-state index in [1.165, 1.54) is 29.8 Å². The molecule has 0 bridgehead atoms. The van der Waals surface area contributed by atoms with E-state index >= 15 is 0 Å². The van der Waals surface area contributed by atoms with E-state index in [0.29, 0.717) is 12.1 Å². The van der Waals surface area contributed by atoms with Crippen molar-refractivity contribution in [1.82, 2.24) is 10.3 Å². The molecule has 5 nitrogen and oxygen atoms in total. The van der Waals surface area contributed by atoms with E-state index in [-0.39, 0.29) is 5.91 Å². The Bertz CT molecular complexity index is 801. The van der Waals surface area contributed by atoms with Crippen LogP contribution in [0, 0.1) is 0 Å². The predicted molar refractivity (Wildman–Crippen MR) is 106 cm³/mol. The number of nitrogens with one attached hydrogen (secondary N) is 1. The third-order valence-electron chi connectivity index (χ3n) is 4.92. The molecule has 1 aromatic carbocycles. The summed E-state index contributed by atoms with van der Waals surface area (Å²) in [5, 5.41) is 10.6. The van der Waals surface area contributed by atoms with Crippen LogP contribution < -0.4 is 10.3 Å². The van der Waals surface area contributed by atoms with Crippen molar-refractivity contribution in [2.24, 2.45) is 5.10 Å². The zero-order valence-corrected chi connectivity index (χ0v) is 15.9. The molecule has 136 valence electrons. The first-order valence-corrected chi connectivity index (χ1v) is 10.2. The lowest BCUT2D eigenvalue weighted by atomic mass is 10.0. The third kappa shape index (κ3) is 3.80. The molecule has 1 aliphatic carbocycles. The number of aryl methyl sites for hydroxylation is 2. The minimum Gasteiger partial charge on any atom is -0.352 e. The number of nitrogens with zero attached hydrogens (tertiary/aromatic N) is 3. The van der Waals surface area contributed by atoms with Crippen molar-refractivity contribution in [3.8, 4) is 0 Å². The zero-order valence-electron chi connectivity index (χ0n) is 15.1. The number of fused-ring (bicyclic) bond motifs is 1. The fourth-order valence-electron chi connectivity index (χ4n) is 3.44. The molecule has 0 unspecified atom stereocenters. The summed E-state index contributed by atoms with van der Waals surface area (Å²) in [5.41, 5.74) is 4.16. The molecule has 0 fully saturated rings. The highest BCUT2D eigenvalue weighted by molar-refractivity contribution is 7.11. The summed E-state index contributed by atoms with van der Waals surface area (Å²) in [6.45, 7) is 3.58. The molecule has 1 aliphatic heterocycles. The Morgan fingerprint density at radius 2 is 2.00 bits per heavy atom. The molecule has 0 radical (unpaired) electrons. The van der Waals surface area contributed by atoms with E-state index in [0.717, 1.165) is 42.2 Å². The van der Waals surface area contributed by atoms with Crippen LogP contribution in [-0.4, -0.2) is 29.7 Å². The molecule has 1 amide bonds. The summed E-state index contributed by atoms with van der Waals surface area (Å²) in [5.74, 6) is -0.0287. The van der Waals surface area contributed by atoms with Crippen LogP contribution in [0.3, 0.4) is 0 Å². The van der Waals surface area contributed by atoms with Crippen LogP contribution in [0.4, 0.5) is 5.69 Å². The molecular formula is C20H24N4OS. The molecular weight excluding hydrogens is 344 g/mol. The average molecular weight is 369 g/mol. The molecule has 2 aromatic rings. The van der Waals surface area contributed by atoms with Gasteiger partial charge >= 0.3 is 0 Å². The Balaban J connectivity index is 1.30. The quantitative estimate of drug-likeness (QED) is 0.878. The lowest BCUT2D eigenvalue weighted by Crippen LogP contribution is -2.25.